The topological polar surface area (TPSA) is 66.5 Å². The molecule has 5 nitrogen and oxygen atoms in total. The number of carbonyl (C=O) groups is 1. The Hall–Kier alpha value is -3.12. The molecular weight excluding hydrogens is 396 g/mol. The van der Waals surface area contributed by atoms with Gasteiger partial charge < -0.3 is 5.32 Å². The molecule has 30 heavy (non-hydrogen) atoms. The average molecular weight is 421 g/mol. The number of nitrogens with one attached hydrogen (secondary N) is 1. The molecular formula is C24H24N2O3S. The Morgan fingerprint density at radius 3 is 2.53 bits per heavy atom. The maximum absolute atomic E-state index is 13.2. The van der Waals surface area contributed by atoms with Crippen LogP contribution in [0, 0.1) is 6.92 Å². The molecule has 0 bridgehead atoms. The first-order valence-corrected chi connectivity index (χ1v) is 11.4. The molecule has 1 unspecified atom stereocenters. The standard InChI is InChI=1S/C24H24N2O3S/c1-17-7-6-8-19(13-17)16-25-24(27)20-11-12-23-21(15-20)14-18(2)26(23)30(28,29)22-9-4-3-5-10-22/h3-13,15,18H,14,16H2,1-2H3,(H,25,27). The molecule has 3 aromatic rings. The molecule has 1 atom stereocenters. The Morgan fingerprint density at radius 1 is 1.03 bits per heavy atom. The van der Waals surface area contributed by atoms with Crippen molar-refractivity contribution in [2.75, 3.05) is 4.31 Å². The lowest BCUT2D eigenvalue weighted by atomic mass is 10.1. The molecule has 1 heterocycles. The molecule has 0 saturated carbocycles. The number of hydrogen-bond acceptors (Lipinski definition) is 3. The van der Waals surface area contributed by atoms with Gasteiger partial charge in [0.05, 0.1) is 10.6 Å². The summed E-state index contributed by atoms with van der Waals surface area (Å²) in [5.41, 5.74) is 4.23. The number of hydrogen-bond donors (Lipinski definition) is 1. The van der Waals surface area contributed by atoms with E-state index in [2.05, 4.69) is 5.32 Å². The Morgan fingerprint density at radius 2 is 1.80 bits per heavy atom. The van der Waals surface area contributed by atoms with Crippen molar-refractivity contribution in [2.24, 2.45) is 0 Å². The summed E-state index contributed by atoms with van der Waals surface area (Å²) in [5.74, 6) is -0.170. The quantitative estimate of drug-likeness (QED) is 0.677. The molecule has 1 amide bonds. The zero-order valence-corrected chi connectivity index (χ0v) is 17.8. The summed E-state index contributed by atoms with van der Waals surface area (Å²) < 4.78 is 27.8. The third kappa shape index (κ3) is 3.83. The largest absolute Gasteiger partial charge is 0.348 e. The first-order valence-electron chi connectivity index (χ1n) is 9.92. The lowest BCUT2D eigenvalue weighted by Crippen LogP contribution is -2.35. The predicted molar refractivity (Wildman–Crippen MR) is 118 cm³/mol. The van der Waals surface area contributed by atoms with Gasteiger partial charge in [-0.05, 0) is 61.7 Å². The fraction of sp³-hybridized carbons (Fsp3) is 0.208. The van der Waals surface area contributed by atoms with Crippen LogP contribution in [0.15, 0.2) is 77.7 Å². The minimum absolute atomic E-state index is 0.170. The van der Waals surface area contributed by atoms with E-state index >= 15 is 0 Å². The van der Waals surface area contributed by atoms with Crippen molar-refractivity contribution in [3.05, 3.63) is 95.1 Å². The Labute approximate surface area is 177 Å². The van der Waals surface area contributed by atoms with Gasteiger partial charge in [-0.15, -0.1) is 0 Å². The summed E-state index contributed by atoms with van der Waals surface area (Å²) in [6.07, 6.45) is 0.570. The van der Waals surface area contributed by atoms with Crippen LogP contribution in [0.3, 0.4) is 0 Å². The number of carbonyl (C=O) groups excluding carboxylic acids is 1. The summed E-state index contributed by atoms with van der Waals surface area (Å²) in [6.45, 7) is 4.35. The van der Waals surface area contributed by atoms with Gasteiger partial charge in [0.15, 0.2) is 0 Å². The highest BCUT2D eigenvalue weighted by Gasteiger charge is 2.36. The molecule has 154 valence electrons. The smallest absolute Gasteiger partial charge is 0.264 e. The van der Waals surface area contributed by atoms with Gasteiger partial charge in [-0.2, -0.15) is 0 Å². The second kappa shape index (κ2) is 7.95. The van der Waals surface area contributed by atoms with E-state index in [1.54, 1.807) is 48.5 Å². The maximum atomic E-state index is 13.2. The molecule has 0 fully saturated rings. The molecule has 1 aliphatic heterocycles. The highest BCUT2D eigenvalue weighted by atomic mass is 32.2. The van der Waals surface area contributed by atoms with E-state index in [1.807, 2.05) is 38.1 Å². The van der Waals surface area contributed by atoms with Gasteiger partial charge in [0.25, 0.3) is 15.9 Å². The number of nitrogens with zero attached hydrogens (tertiary/aromatic N) is 1. The van der Waals surface area contributed by atoms with Gasteiger partial charge in [-0.25, -0.2) is 8.42 Å². The number of sulfonamides is 1. The predicted octanol–water partition coefficient (Wildman–Crippen LogP) is 4.06. The highest BCUT2D eigenvalue weighted by Crippen LogP contribution is 2.37. The van der Waals surface area contributed by atoms with Gasteiger partial charge in [0.1, 0.15) is 0 Å². The fourth-order valence-electron chi connectivity index (χ4n) is 3.92. The molecule has 0 aromatic heterocycles. The number of benzene rings is 3. The van der Waals surface area contributed by atoms with Gasteiger partial charge in [-0.1, -0.05) is 48.0 Å². The molecule has 3 aromatic carbocycles. The molecule has 0 aliphatic carbocycles. The number of anilines is 1. The van der Waals surface area contributed by atoms with Crippen LogP contribution in [0.1, 0.15) is 34.0 Å². The van der Waals surface area contributed by atoms with E-state index in [0.29, 0.717) is 24.2 Å². The maximum Gasteiger partial charge on any atom is 0.264 e. The Balaban J connectivity index is 1.56. The molecule has 1 N–H and O–H groups in total. The second-order valence-corrected chi connectivity index (χ2v) is 9.50. The van der Waals surface area contributed by atoms with Crippen molar-refractivity contribution in [3.8, 4) is 0 Å². The van der Waals surface area contributed by atoms with Crippen LogP contribution in [0.25, 0.3) is 0 Å². The Bertz CT molecular complexity index is 1190. The first-order chi connectivity index (χ1) is 14.4. The molecule has 0 saturated heterocycles. The van der Waals surface area contributed by atoms with Crippen LogP contribution >= 0.6 is 0 Å². The molecule has 0 spiro atoms. The van der Waals surface area contributed by atoms with Crippen molar-refractivity contribution in [3.63, 3.8) is 0 Å². The monoisotopic (exact) mass is 420 g/mol. The SMILES string of the molecule is Cc1cccc(CNC(=O)c2ccc3c(c2)CC(C)N3S(=O)(=O)c2ccccc2)c1. The van der Waals surface area contributed by atoms with Crippen LogP contribution < -0.4 is 9.62 Å². The molecule has 0 radical (unpaired) electrons. The minimum Gasteiger partial charge on any atom is -0.348 e. The lowest BCUT2D eigenvalue weighted by molar-refractivity contribution is 0.0951. The van der Waals surface area contributed by atoms with Crippen LogP contribution in [0.2, 0.25) is 0 Å². The van der Waals surface area contributed by atoms with Crippen molar-refractivity contribution in [1.29, 1.82) is 0 Å². The fourth-order valence-corrected chi connectivity index (χ4v) is 5.64. The van der Waals surface area contributed by atoms with E-state index in [4.69, 9.17) is 0 Å². The van der Waals surface area contributed by atoms with Crippen LogP contribution in [0.5, 0.6) is 0 Å². The lowest BCUT2D eigenvalue weighted by Gasteiger charge is -2.24. The first kappa shape index (κ1) is 20.2. The normalized spacial score (nSPS) is 15.7. The van der Waals surface area contributed by atoms with Gasteiger partial charge >= 0.3 is 0 Å². The second-order valence-electron chi connectivity index (χ2n) is 7.68. The van der Waals surface area contributed by atoms with Crippen LogP contribution in [-0.4, -0.2) is 20.4 Å². The summed E-state index contributed by atoms with van der Waals surface area (Å²) in [6, 6.07) is 21.5. The van der Waals surface area contributed by atoms with E-state index < -0.39 is 10.0 Å². The molecule has 4 rings (SSSR count). The summed E-state index contributed by atoms with van der Waals surface area (Å²) in [4.78, 5) is 12.9. The van der Waals surface area contributed by atoms with Crippen molar-refractivity contribution < 1.29 is 13.2 Å². The van der Waals surface area contributed by atoms with Crippen LogP contribution in [-0.2, 0) is 23.0 Å². The zero-order valence-electron chi connectivity index (χ0n) is 17.0. The average Bonchev–Trinajstić information content (AvgIpc) is 3.08. The van der Waals surface area contributed by atoms with Gasteiger partial charge in [-0.3, -0.25) is 9.10 Å². The van der Waals surface area contributed by atoms with Gasteiger partial charge in [0, 0.05) is 18.2 Å². The van der Waals surface area contributed by atoms with Crippen molar-refractivity contribution >= 4 is 21.6 Å². The van der Waals surface area contributed by atoms with Crippen molar-refractivity contribution in [1.82, 2.24) is 5.32 Å². The number of fused-ring (bicyclic) bond motifs is 1. The summed E-state index contributed by atoms with van der Waals surface area (Å²) in [5, 5.41) is 2.94. The van der Waals surface area contributed by atoms with Crippen LogP contribution in [0.4, 0.5) is 5.69 Å². The highest BCUT2D eigenvalue weighted by molar-refractivity contribution is 7.92. The Kier molecular flexibility index (Phi) is 5.35. The number of rotatable bonds is 5. The third-order valence-electron chi connectivity index (χ3n) is 5.33. The third-order valence-corrected chi connectivity index (χ3v) is 7.27. The van der Waals surface area contributed by atoms with E-state index in [0.717, 1.165) is 16.7 Å². The summed E-state index contributed by atoms with van der Waals surface area (Å²) >= 11 is 0. The van der Waals surface area contributed by atoms with E-state index in [9.17, 15) is 13.2 Å². The molecule has 1 aliphatic rings. The van der Waals surface area contributed by atoms with E-state index in [-0.39, 0.29) is 16.8 Å². The van der Waals surface area contributed by atoms with E-state index in [1.165, 1.54) is 4.31 Å². The number of aryl methyl sites for hydroxylation is 1. The van der Waals surface area contributed by atoms with Gasteiger partial charge in [0.2, 0.25) is 0 Å². The summed E-state index contributed by atoms with van der Waals surface area (Å²) in [7, 11) is -3.65. The zero-order chi connectivity index (χ0) is 21.3. The minimum atomic E-state index is -3.65. The number of amides is 1. The van der Waals surface area contributed by atoms with Crippen molar-refractivity contribution in [2.45, 2.75) is 37.8 Å². The molecule has 6 heteroatoms.